The second kappa shape index (κ2) is 10.1. The molecule has 3 aliphatic rings. The molecule has 0 radical (unpaired) electrons. The summed E-state index contributed by atoms with van der Waals surface area (Å²) in [5.74, 6) is 3.40. The van der Waals surface area contributed by atoms with E-state index in [-0.39, 0.29) is 0 Å². The number of fused-ring (bicyclic) bond motifs is 1. The molecular weight excluding hydrogens is 436 g/mol. The molecule has 1 N–H and O–H groups in total. The molecule has 8 nitrogen and oxygen atoms in total. The largest absolute Gasteiger partial charge is 0.369 e. The highest BCUT2D eigenvalue weighted by atomic mass is 15.4. The van der Waals surface area contributed by atoms with E-state index in [4.69, 9.17) is 15.1 Å². The number of nitrogens with one attached hydrogen (secondary N) is 1. The zero-order valence-electron chi connectivity index (χ0n) is 20.9. The van der Waals surface area contributed by atoms with Crippen LogP contribution in [0.25, 0.3) is 5.78 Å². The van der Waals surface area contributed by atoms with Gasteiger partial charge >= 0.3 is 0 Å². The van der Waals surface area contributed by atoms with E-state index in [9.17, 15) is 0 Å². The third-order valence-corrected chi connectivity index (χ3v) is 7.91. The van der Waals surface area contributed by atoms with Gasteiger partial charge in [0.05, 0.1) is 5.69 Å². The Bertz CT molecular complexity index is 1110. The average Bonchev–Trinajstić information content (AvgIpc) is 3.34. The zero-order valence-corrected chi connectivity index (χ0v) is 20.9. The van der Waals surface area contributed by atoms with E-state index in [1.807, 2.05) is 4.52 Å². The van der Waals surface area contributed by atoms with E-state index < -0.39 is 0 Å². The van der Waals surface area contributed by atoms with Gasteiger partial charge in [-0.1, -0.05) is 37.5 Å². The lowest BCUT2D eigenvalue weighted by molar-refractivity contribution is 0.247. The van der Waals surface area contributed by atoms with Gasteiger partial charge in [0.15, 0.2) is 5.82 Å². The van der Waals surface area contributed by atoms with E-state index >= 15 is 0 Å². The lowest BCUT2D eigenvalue weighted by Gasteiger charge is -2.36. The number of piperazine rings is 2. The summed E-state index contributed by atoms with van der Waals surface area (Å²) in [4.78, 5) is 17.5. The van der Waals surface area contributed by atoms with Gasteiger partial charge in [-0.15, -0.1) is 5.10 Å². The summed E-state index contributed by atoms with van der Waals surface area (Å²) < 4.78 is 2.03. The van der Waals surface area contributed by atoms with Crippen LogP contribution < -0.4 is 15.1 Å². The normalized spacial score (nSPS) is 22.7. The van der Waals surface area contributed by atoms with E-state index in [1.54, 1.807) is 0 Å². The first-order valence-corrected chi connectivity index (χ1v) is 13.5. The zero-order chi connectivity index (χ0) is 23.6. The Morgan fingerprint density at radius 2 is 1.71 bits per heavy atom. The molecule has 1 aliphatic carbocycles. The van der Waals surface area contributed by atoms with E-state index in [0.717, 1.165) is 75.5 Å². The number of hydrogen-bond donors (Lipinski definition) is 1. The lowest BCUT2D eigenvalue weighted by atomic mass is 9.89. The first kappa shape index (κ1) is 22.7. The van der Waals surface area contributed by atoms with Crippen LogP contribution in [0.3, 0.4) is 0 Å². The van der Waals surface area contributed by atoms with Gasteiger partial charge in [-0.2, -0.15) is 9.50 Å². The molecule has 186 valence electrons. The standard InChI is InChI=1S/C27H38N8/c1-21-19-34(13-12-28-21)25-18-23(20-32-14-16-33(17-15-32)24-10-6-3-7-11-24)29-27-30-26(31-35(25)27)22-8-4-2-5-9-22/h3,6-7,10-11,18,21-22,28H,2,4-5,8-9,12-17,19-20H2,1H3. The minimum absolute atomic E-state index is 0.461. The van der Waals surface area contributed by atoms with Crippen molar-refractivity contribution < 1.29 is 0 Å². The second-order valence-corrected chi connectivity index (χ2v) is 10.5. The minimum atomic E-state index is 0.461. The molecule has 2 saturated heterocycles. The maximum atomic E-state index is 5.03. The van der Waals surface area contributed by atoms with E-state index in [2.05, 4.69) is 63.3 Å². The van der Waals surface area contributed by atoms with Crippen molar-refractivity contribution in [3.05, 3.63) is 47.9 Å². The van der Waals surface area contributed by atoms with Gasteiger partial charge in [-0.05, 0) is 31.9 Å². The van der Waals surface area contributed by atoms with Crippen molar-refractivity contribution in [1.29, 1.82) is 0 Å². The smallest absolute Gasteiger partial charge is 0.254 e. The van der Waals surface area contributed by atoms with Crippen molar-refractivity contribution in [2.75, 3.05) is 55.6 Å². The summed E-state index contributed by atoms with van der Waals surface area (Å²) in [6.07, 6.45) is 6.32. The second-order valence-electron chi connectivity index (χ2n) is 10.5. The predicted octanol–water partition coefficient (Wildman–Crippen LogP) is 3.29. The summed E-state index contributed by atoms with van der Waals surface area (Å²) >= 11 is 0. The topological polar surface area (TPSA) is 64.8 Å². The van der Waals surface area contributed by atoms with Crippen LogP contribution in [0.4, 0.5) is 11.5 Å². The molecule has 1 aromatic carbocycles. The highest BCUT2D eigenvalue weighted by Crippen LogP contribution is 2.31. The molecule has 3 aromatic rings. The summed E-state index contributed by atoms with van der Waals surface area (Å²) in [6.45, 7) is 10.3. The van der Waals surface area contributed by atoms with Crippen molar-refractivity contribution in [3.8, 4) is 0 Å². The Hall–Kier alpha value is -2.71. The summed E-state index contributed by atoms with van der Waals surface area (Å²) in [5.41, 5.74) is 2.43. The fourth-order valence-electron chi connectivity index (χ4n) is 5.93. The molecule has 35 heavy (non-hydrogen) atoms. The Balaban J connectivity index is 1.24. The monoisotopic (exact) mass is 474 g/mol. The number of rotatable bonds is 5. The molecule has 0 spiro atoms. The molecular formula is C27H38N8. The molecule has 2 aromatic heterocycles. The first-order valence-electron chi connectivity index (χ1n) is 13.5. The van der Waals surface area contributed by atoms with Gasteiger partial charge in [-0.3, -0.25) is 4.90 Å². The van der Waals surface area contributed by atoms with Gasteiger partial charge in [0.25, 0.3) is 5.78 Å². The van der Waals surface area contributed by atoms with Crippen molar-refractivity contribution in [2.45, 2.75) is 57.5 Å². The summed E-state index contributed by atoms with van der Waals surface area (Å²) in [7, 11) is 0. The number of para-hydroxylation sites is 1. The molecule has 1 unspecified atom stereocenters. The molecule has 0 bridgehead atoms. The SMILES string of the molecule is CC1CN(c2cc(CN3CCN(c4ccccc4)CC3)nc3nc(C4CCCCC4)nn23)CCN1. The predicted molar refractivity (Wildman–Crippen MR) is 140 cm³/mol. The molecule has 3 fully saturated rings. The van der Waals surface area contributed by atoms with Gasteiger partial charge in [0.1, 0.15) is 5.82 Å². The van der Waals surface area contributed by atoms with E-state index in [1.165, 1.54) is 37.8 Å². The summed E-state index contributed by atoms with van der Waals surface area (Å²) in [6, 6.07) is 13.5. The molecule has 1 atom stereocenters. The Kier molecular flexibility index (Phi) is 6.57. The van der Waals surface area contributed by atoms with Crippen LogP contribution in [-0.2, 0) is 6.54 Å². The summed E-state index contributed by atoms with van der Waals surface area (Å²) in [5, 5.41) is 8.60. The average molecular weight is 475 g/mol. The molecule has 2 aliphatic heterocycles. The lowest BCUT2D eigenvalue weighted by Crippen LogP contribution is -2.50. The Morgan fingerprint density at radius 1 is 0.914 bits per heavy atom. The maximum Gasteiger partial charge on any atom is 0.254 e. The quantitative estimate of drug-likeness (QED) is 0.609. The van der Waals surface area contributed by atoms with Crippen molar-refractivity contribution >= 4 is 17.3 Å². The molecule has 0 amide bonds. The number of benzene rings is 1. The van der Waals surface area contributed by atoms with Crippen LogP contribution in [-0.4, -0.2) is 76.3 Å². The fourth-order valence-corrected chi connectivity index (χ4v) is 5.93. The van der Waals surface area contributed by atoms with Crippen molar-refractivity contribution in [3.63, 3.8) is 0 Å². The highest BCUT2D eigenvalue weighted by Gasteiger charge is 2.25. The highest BCUT2D eigenvalue weighted by molar-refractivity contribution is 5.49. The molecule has 6 rings (SSSR count). The maximum absolute atomic E-state index is 5.03. The Labute approximate surface area is 208 Å². The molecule has 1 saturated carbocycles. The van der Waals surface area contributed by atoms with Crippen LogP contribution in [0.5, 0.6) is 0 Å². The van der Waals surface area contributed by atoms with Crippen molar-refractivity contribution in [2.24, 2.45) is 0 Å². The number of hydrogen-bond acceptors (Lipinski definition) is 7. The third-order valence-electron chi connectivity index (χ3n) is 7.91. The third kappa shape index (κ3) is 5.00. The van der Waals surface area contributed by atoms with Gasteiger partial charge in [-0.25, -0.2) is 4.98 Å². The first-order chi connectivity index (χ1) is 17.2. The van der Waals surface area contributed by atoms with Gasteiger partial charge in [0, 0.05) is 76.1 Å². The molecule has 4 heterocycles. The van der Waals surface area contributed by atoms with Crippen molar-refractivity contribution in [1.82, 2.24) is 29.8 Å². The van der Waals surface area contributed by atoms with Gasteiger partial charge < -0.3 is 15.1 Å². The minimum Gasteiger partial charge on any atom is -0.369 e. The fraction of sp³-hybridized carbons (Fsp3) is 0.593. The molecule has 8 heteroatoms. The van der Waals surface area contributed by atoms with Gasteiger partial charge in [0.2, 0.25) is 0 Å². The van der Waals surface area contributed by atoms with Crippen LogP contribution >= 0.6 is 0 Å². The number of anilines is 2. The van der Waals surface area contributed by atoms with Crippen LogP contribution in [0, 0.1) is 0 Å². The van der Waals surface area contributed by atoms with E-state index in [0.29, 0.717) is 12.0 Å². The van der Waals surface area contributed by atoms with Crippen LogP contribution in [0.15, 0.2) is 36.4 Å². The van der Waals surface area contributed by atoms with Crippen LogP contribution in [0.1, 0.15) is 56.5 Å². The number of nitrogens with zero attached hydrogens (tertiary/aromatic N) is 7. The number of aromatic nitrogens is 4. The Morgan fingerprint density at radius 3 is 2.49 bits per heavy atom. The van der Waals surface area contributed by atoms with Crippen LogP contribution in [0.2, 0.25) is 0 Å².